The van der Waals surface area contributed by atoms with Gasteiger partial charge in [0.05, 0.1) is 13.2 Å². The summed E-state index contributed by atoms with van der Waals surface area (Å²) in [4.78, 5) is 14.6. The Balaban J connectivity index is 1.81. The van der Waals surface area contributed by atoms with Gasteiger partial charge in [-0.1, -0.05) is 19.1 Å². The normalized spacial score (nSPS) is 17.7. The second-order valence-electron chi connectivity index (χ2n) is 5.55. The Morgan fingerprint density at radius 1 is 1.27 bits per heavy atom. The van der Waals surface area contributed by atoms with Gasteiger partial charge in [0, 0.05) is 13.0 Å². The van der Waals surface area contributed by atoms with Crippen LogP contribution in [0.3, 0.4) is 0 Å². The average Bonchev–Trinajstić information content (AvgIpc) is 3.23. The largest absolute Gasteiger partial charge is 0.497 e. The Morgan fingerprint density at radius 3 is 2.68 bits per heavy atom. The maximum absolute atomic E-state index is 12.7. The number of carbonyl (C=O) groups is 1. The lowest BCUT2D eigenvalue weighted by Crippen LogP contribution is -2.30. The molecule has 2 heterocycles. The van der Waals surface area contributed by atoms with Gasteiger partial charge >= 0.3 is 0 Å². The number of rotatable bonds is 4. The van der Waals surface area contributed by atoms with Crippen molar-refractivity contribution >= 4 is 5.91 Å². The number of methoxy groups -OCH3 is 1. The number of furan rings is 1. The molecule has 1 unspecified atom stereocenters. The van der Waals surface area contributed by atoms with Crippen LogP contribution >= 0.6 is 0 Å². The van der Waals surface area contributed by atoms with E-state index in [1.54, 1.807) is 13.2 Å². The molecule has 1 aliphatic rings. The lowest BCUT2D eigenvalue weighted by molar-refractivity contribution is 0.0701. The van der Waals surface area contributed by atoms with Crippen molar-refractivity contribution in [3.63, 3.8) is 0 Å². The van der Waals surface area contributed by atoms with Crippen LogP contribution in [0.1, 0.15) is 47.7 Å². The van der Waals surface area contributed by atoms with E-state index < -0.39 is 0 Å². The van der Waals surface area contributed by atoms with Crippen molar-refractivity contribution in [1.29, 1.82) is 0 Å². The van der Waals surface area contributed by atoms with Gasteiger partial charge in [0.25, 0.3) is 5.91 Å². The third-order valence-electron chi connectivity index (χ3n) is 4.24. The molecule has 0 N–H and O–H groups in total. The number of benzene rings is 1. The first-order chi connectivity index (χ1) is 10.7. The minimum Gasteiger partial charge on any atom is -0.497 e. The highest BCUT2D eigenvalue weighted by molar-refractivity contribution is 5.92. The van der Waals surface area contributed by atoms with Gasteiger partial charge in [0.15, 0.2) is 5.76 Å². The summed E-state index contributed by atoms with van der Waals surface area (Å²) in [6.07, 6.45) is 2.80. The molecule has 0 spiro atoms. The summed E-state index contributed by atoms with van der Waals surface area (Å²) in [7, 11) is 1.66. The molecule has 0 saturated carbocycles. The van der Waals surface area contributed by atoms with E-state index in [4.69, 9.17) is 9.15 Å². The maximum atomic E-state index is 12.7. The summed E-state index contributed by atoms with van der Waals surface area (Å²) >= 11 is 0. The first-order valence-electron chi connectivity index (χ1n) is 7.76. The van der Waals surface area contributed by atoms with Crippen molar-refractivity contribution in [3.05, 3.63) is 53.5 Å². The highest BCUT2D eigenvalue weighted by Gasteiger charge is 2.31. The summed E-state index contributed by atoms with van der Waals surface area (Å²) in [5, 5.41) is 0. The summed E-state index contributed by atoms with van der Waals surface area (Å²) < 4.78 is 10.8. The molecule has 1 aliphatic heterocycles. The van der Waals surface area contributed by atoms with Gasteiger partial charge in [-0.25, -0.2) is 0 Å². The molecule has 116 valence electrons. The lowest BCUT2D eigenvalue weighted by Gasteiger charge is -2.24. The molecular weight excluding hydrogens is 278 g/mol. The Morgan fingerprint density at radius 2 is 2.05 bits per heavy atom. The molecule has 4 heteroatoms. The molecular formula is C18H21NO3. The Labute approximate surface area is 130 Å². The average molecular weight is 299 g/mol. The zero-order chi connectivity index (χ0) is 15.5. The van der Waals surface area contributed by atoms with E-state index >= 15 is 0 Å². The zero-order valence-electron chi connectivity index (χ0n) is 13.0. The number of likely N-dealkylation sites (tertiary alicyclic amines) is 1. The fraction of sp³-hybridized carbons (Fsp3) is 0.389. The summed E-state index contributed by atoms with van der Waals surface area (Å²) in [6, 6.07) is 11.7. The minimum atomic E-state index is -0.0157. The van der Waals surface area contributed by atoms with Crippen LogP contribution < -0.4 is 4.74 Å². The van der Waals surface area contributed by atoms with Gasteiger partial charge in [-0.15, -0.1) is 0 Å². The van der Waals surface area contributed by atoms with Crippen molar-refractivity contribution < 1.29 is 13.9 Å². The Bertz CT molecular complexity index is 645. The summed E-state index contributed by atoms with van der Waals surface area (Å²) in [5.74, 6) is 2.11. The molecule has 4 nitrogen and oxygen atoms in total. The van der Waals surface area contributed by atoms with Gasteiger partial charge < -0.3 is 14.1 Å². The van der Waals surface area contributed by atoms with Crippen molar-refractivity contribution in [2.45, 2.75) is 32.2 Å². The predicted octanol–water partition coefficient (Wildman–Crippen LogP) is 3.83. The fourth-order valence-electron chi connectivity index (χ4n) is 3.01. The van der Waals surface area contributed by atoms with Crippen LogP contribution in [0.15, 0.2) is 40.8 Å². The molecule has 1 saturated heterocycles. The van der Waals surface area contributed by atoms with E-state index in [-0.39, 0.29) is 11.9 Å². The van der Waals surface area contributed by atoms with E-state index in [0.717, 1.165) is 42.9 Å². The van der Waals surface area contributed by atoms with Crippen molar-refractivity contribution in [1.82, 2.24) is 4.90 Å². The summed E-state index contributed by atoms with van der Waals surface area (Å²) in [5.41, 5.74) is 1.15. The molecule has 1 aromatic heterocycles. The number of amides is 1. The van der Waals surface area contributed by atoms with Crippen LogP contribution in [0, 0.1) is 0 Å². The monoisotopic (exact) mass is 299 g/mol. The van der Waals surface area contributed by atoms with Crippen molar-refractivity contribution in [2.24, 2.45) is 0 Å². The fourth-order valence-corrected chi connectivity index (χ4v) is 3.01. The smallest absolute Gasteiger partial charge is 0.290 e. The zero-order valence-corrected chi connectivity index (χ0v) is 13.0. The molecule has 0 radical (unpaired) electrons. The van der Waals surface area contributed by atoms with Gasteiger partial charge in [0.2, 0.25) is 0 Å². The number of carbonyl (C=O) groups excluding carboxylic acids is 1. The van der Waals surface area contributed by atoms with Crippen LogP contribution in [0.25, 0.3) is 0 Å². The highest BCUT2D eigenvalue weighted by atomic mass is 16.5. The molecule has 2 aromatic rings. The van der Waals surface area contributed by atoms with E-state index in [1.165, 1.54) is 0 Å². The molecule has 1 fully saturated rings. The van der Waals surface area contributed by atoms with Crippen LogP contribution in [-0.2, 0) is 6.42 Å². The van der Waals surface area contributed by atoms with Gasteiger partial charge in [-0.05, 0) is 42.7 Å². The van der Waals surface area contributed by atoms with E-state index in [0.29, 0.717) is 5.76 Å². The summed E-state index contributed by atoms with van der Waals surface area (Å²) in [6.45, 7) is 2.79. The van der Waals surface area contributed by atoms with E-state index in [9.17, 15) is 4.79 Å². The second kappa shape index (κ2) is 6.26. The first-order valence-corrected chi connectivity index (χ1v) is 7.76. The minimum absolute atomic E-state index is 0.0157. The van der Waals surface area contributed by atoms with E-state index in [1.807, 2.05) is 42.2 Å². The van der Waals surface area contributed by atoms with Crippen molar-refractivity contribution in [2.75, 3.05) is 13.7 Å². The van der Waals surface area contributed by atoms with Gasteiger partial charge in [-0.2, -0.15) is 0 Å². The van der Waals surface area contributed by atoms with Crippen molar-refractivity contribution in [3.8, 4) is 5.75 Å². The quantitative estimate of drug-likeness (QED) is 0.861. The van der Waals surface area contributed by atoms with Crippen LogP contribution in [-0.4, -0.2) is 24.5 Å². The number of hydrogen-bond donors (Lipinski definition) is 0. The SMILES string of the molecule is CCc1ccc(C(=O)N2CCCC2c2ccc(OC)cc2)o1. The maximum Gasteiger partial charge on any atom is 0.290 e. The molecule has 0 bridgehead atoms. The molecule has 1 amide bonds. The molecule has 1 aromatic carbocycles. The Kier molecular flexibility index (Phi) is 4.18. The highest BCUT2D eigenvalue weighted by Crippen LogP contribution is 2.34. The molecule has 3 rings (SSSR count). The molecule has 1 atom stereocenters. The van der Waals surface area contributed by atoms with Crippen LogP contribution in [0.5, 0.6) is 5.75 Å². The number of nitrogens with zero attached hydrogens (tertiary/aromatic N) is 1. The third kappa shape index (κ3) is 2.73. The van der Waals surface area contributed by atoms with Gasteiger partial charge in [0.1, 0.15) is 11.5 Å². The number of aryl methyl sites for hydroxylation is 1. The second-order valence-corrected chi connectivity index (χ2v) is 5.55. The topological polar surface area (TPSA) is 42.7 Å². The number of ether oxygens (including phenoxy) is 1. The van der Waals surface area contributed by atoms with Crippen LogP contribution in [0.2, 0.25) is 0 Å². The van der Waals surface area contributed by atoms with Crippen LogP contribution in [0.4, 0.5) is 0 Å². The first kappa shape index (κ1) is 14.7. The lowest BCUT2D eigenvalue weighted by atomic mass is 10.0. The van der Waals surface area contributed by atoms with E-state index in [2.05, 4.69) is 0 Å². The standard InChI is InChI=1S/C18H21NO3/c1-3-14-10-11-17(22-14)18(20)19-12-4-5-16(19)13-6-8-15(21-2)9-7-13/h6-11,16H,3-5,12H2,1-2H3. The third-order valence-corrected chi connectivity index (χ3v) is 4.24. The number of hydrogen-bond acceptors (Lipinski definition) is 3. The molecule has 22 heavy (non-hydrogen) atoms. The Hall–Kier alpha value is -2.23. The molecule has 0 aliphatic carbocycles. The predicted molar refractivity (Wildman–Crippen MR) is 84.1 cm³/mol. The van der Waals surface area contributed by atoms with Gasteiger partial charge in [-0.3, -0.25) is 4.79 Å².